The molecule has 3 rings (SSSR count). The Kier molecular flexibility index (Phi) is 10.4. The third-order valence-electron chi connectivity index (χ3n) is 2.99. The zero-order valence-corrected chi connectivity index (χ0v) is 15.7. The highest BCUT2D eigenvalue weighted by Crippen LogP contribution is 2.30. The molecule has 1 fully saturated rings. The molecule has 0 aliphatic carbocycles. The number of nitrogen functional groups attached to an aromatic ring is 1. The molecule has 0 saturated carbocycles. The summed E-state index contributed by atoms with van der Waals surface area (Å²) in [5.74, 6) is -1.13. The second-order valence-electron chi connectivity index (χ2n) is 5.55. The van der Waals surface area contributed by atoms with Gasteiger partial charge in [0.2, 0.25) is 0 Å². The summed E-state index contributed by atoms with van der Waals surface area (Å²) in [6.45, 7) is 6.64. The molecule has 9 heteroatoms. The predicted molar refractivity (Wildman–Crippen MR) is 99.7 cm³/mol. The number of hydrogen-bond donors (Lipinski definition) is 4. The van der Waals surface area contributed by atoms with Crippen LogP contribution in [-0.2, 0) is 4.74 Å². The lowest BCUT2D eigenvalue weighted by molar-refractivity contribution is -0.127. The average molecular weight is 367 g/mol. The van der Waals surface area contributed by atoms with Crippen molar-refractivity contribution in [2.24, 2.45) is 0 Å². The average Bonchev–Trinajstić information content (AvgIpc) is 3.24. The highest BCUT2D eigenvalue weighted by atomic mass is 16.5. The van der Waals surface area contributed by atoms with Crippen molar-refractivity contribution in [3.05, 3.63) is 12.7 Å². The van der Waals surface area contributed by atoms with Crippen LogP contribution in [0.25, 0.3) is 11.2 Å². The molecule has 5 N–H and O–H groups in total. The van der Waals surface area contributed by atoms with Gasteiger partial charge in [0.25, 0.3) is 0 Å². The van der Waals surface area contributed by atoms with Crippen molar-refractivity contribution in [1.29, 1.82) is 0 Å². The van der Waals surface area contributed by atoms with E-state index in [1.54, 1.807) is 6.33 Å². The molecule has 0 aromatic carbocycles. The van der Waals surface area contributed by atoms with Crippen LogP contribution in [0.4, 0.5) is 5.82 Å². The Labute approximate surface area is 153 Å². The monoisotopic (exact) mass is 367 g/mol. The molecule has 2 aromatic rings. The summed E-state index contributed by atoms with van der Waals surface area (Å²) in [7, 11) is 0. The number of hydrogen-bond acceptors (Lipinski definition) is 8. The van der Waals surface area contributed by atoms with E-state index in [0.717, 1.165) is 12.8 Å². The molecule has 1 aliphatic heterocycles. The fourth-order valence-corrected chi connectivity index (χ4v) is 2.11. The van der Waals surface area contributed by atoms with E-state index in [-0.39, 0.29) is 18.9 Å². The van der Waals surface area contributed by atoms with Crippen LogP contribution in [0.2, 0.25) is 0 Å². The van der Waals surface area contributed by atoms with Crippen molar-refractivity contribution in [2.75, 3.05) is 12.3 Å². The van der Waals surface area contributed by atoms with Gasteiger partial charge in [-0.3, -0.25) is 4.57 Å². The molecule has 26 heavy (non-hydrogen) atoms. The Morgan fingerprint density at radius 1 is 1.23 bits per heavy atom. The first-order chi connectivity index (χ1) is 12.3. The van der Waals surface area contributed by atoms with Gasteiger partial charge < -0.3 is 25.8 Å². The topological polar surface area (TPSA) is 140 Å². The molecule has 2 atom stereocenters. The maximum absolute atomic E-state index is 9.04. The number of aliphatic hydroxyl groups excluding tert-OH is 1. The zero-order chi connectivity index (χ0) is 20.3. The van der Waals surface area contributed by atoms with Crippen LogP contribution in [-0.4, -0.2) is 53.3 Å². The molecule has 146 valence electrons. The predicted octanol–water partition coefficient (Wildman–Crippen LogP) is 1.06. The molecule has 9 nitrogen and oxygen atoms in total. The van der Waals surface area contributed by atoms with Gasteiger partial charge in [-0.2, -0.15) is 0 Å². The van der Waals surface area contributed by atoms with E-state index in [4.69, 9.17) is 25.8 Å². The van der Waals surface area contributed by atoms with E-state index in [1.165, 1.54) is 20.2 Å². The van der Waals surface area contributed by atoms with Crippen LogP contribution >= 0.6 is 0 Å². The number of nitrogens with zero attached hydrogens (tertiary/aromatic N) is 4. The van der Waals surface area contributed by atoms with Crippen LogP contribution in [0.15, 0.2) is 12.7 Å². The van der Waals surface area contributed by atoms with E-state index in [9.17, 15) is 0 Å². The molecule has 0 amide bonds. The lowest BCUT2D eigenvalue weighted by Gasteiger charge is -2.13. The number of aromatic nitrogens is 4. The van der Waals surface area contributed by atoms with Crippen molar-refractivity contribution in [1.82, 2.24) is 19.5 Å². The van der Waals surface area contributed by atoms with E-state index < -0.39 is 5.79 Å². The minimum Gasteiger partial charge on any atom is -0.394 e. The summed E-state index contributed by atoms with van der Waals surface area (Å²) in [6, 6.07) is 0. The molecule has 3 heterocycles. The van der Waals surface area contributed by atoms with E-state index in [1.807, 2.05) is 18.4 Å². The summed E-state index contributed by atoms with van der Waals surface area (Å²) < 4.78 is 7.51. The smallest absolute Gasteiger partial charge is 0.167 e. The Morgan fingerprint density at radius 2 is 1.81 bits per heavy atom. The first kappa shape index (κ1) is 23.8. The molecular weight excluding hydrogens is 338 g/mol. The molecule has 1 aliphatic rings. The normalized spacial score (nSPS) is 18.7. The van der Waals surface area contributed by atoms with Gasteiger partial charge >= 0.3 is 0 Å². The van der Waals surface area contributed by atoms with Crippen molar-refractivity contribution in [3.8, 4) is 12.8 Å². The zero-order valence-electron chi connectivity index (χ0n) is 15.7. The summed E-state index contributed by atoms with van der Waals surface area (Å²) >= 11 is 0. The number of ether oxygens (including phenoxy) is 1. The molecule has 1 saturated heterocycles. The van der Waals surface area contributed by atoms with Crippen molar-refractivity contribution < 1.29 is 20.1 Å². The van der Waals surface area contributed by atoms with Gasteiger partial charge in [0.05, 0.1) is 19.0 Å². The molecule has 0 spiro atoms. The van der Waals surface area contributed by atoms with Gasteiger partial charge in [-0.15, -0.1) is 12.8 Å². The SMILES string of the molecule is C#C.CC.CC(C)(O)O.Nc1ncnc2c1ncn2C1CCC(CO)O1. The highest BCUT2D eigenvalue weighted by Gasteiger charge is 2.27. The minimum absolute atomic E-state index is 0.0419. The van der Waals surface area contributed by atoms with Crippen LogP contribution in [0.5, 0.6) is 0 Å². The van der Waals surface area contributed by atoms with E-state index in [0.29, 0.717) is 17.0 Å². The second-order valence-corrected chi connectivity index (χ2v) is 5.55. The number of anilines is 1. The van der Waals surface area contributed by atoms with Gasteiger partial charge in [-0.1, -0.05) is 13.8 Å². The van der Waals surface area contributed by atoms with Gasteiger partial charge in [0.15, 0.2) is 17.3 Å². The number of rotatable bonds is 2. The standard InChI is InChI=1S/C10H13N5O2.C3H8O2.C2H6.C2H2/c11-9-8-10(13-4-12-9)15(5-14-8)7-2-1-6(3-16)17-7;1-3(2,4)5;2*1-2/h4-7,16H,1-3H2,(H2,11,12,13);4-5H,1-2H3;1-2H3;1-2H. The van der Waals surface area contributed by atoms with Gasteiger partial charge in [0.1, 0.15) is 18.1 Å². The van der Waals surface area contributed by atoms with Gasteiger partial charge in [0, 0.05) is 0 Å². The fraction of sp³-hybridized carbons (Fsp3) is 0.588. The molecule has 2 aromatic heterocycles. The quantitative estimate of drug-likeness (QED) is 0.456. The highest BCUT2D eigenvalue weighted by molar-refractivity contribution is 5.81. The molecular formula is C17H29N5O4. The summed E-state index contributed by atoms with van der Waals surface area (Å²) in [5.41, 5.74) is 6.97. The lowest BCUT2D eigenvalue weighted by atomic mass is 10.2. The maximum atomic E-state index is 9.04. The number of nitrogens with two attached hydrogens (primary N) is 1. The van der Waals surface area contributed by atoms with Crippen LogP contribution in [0.1, 0.15) is 46.8 Å². The lowest BCUT2D eigenvalue weighted by Crippen LogP contribution is -2.15. The van der Waals surface area contributed by atoms with E-state index in [2.05, 4.69) is 27.8 Å². The molecule has 0 radical (unpaired) electrons. The van der Waals surface area contributed by atoms with Crippen molar-refractivity contribution >= 4 is 17.0 Å². The van der Waals surface area contributed by atoms with Gasteiger partial charge in [-0.25, -0.2) is 15.0 Å². The van der Waals surface area contributed by atoms with E-state index >= 15 is 0 Å². The first-order valence-corrected chi connectivity index (χ1v) is 8.27. The summed E-state index contributed by atoms with van der Waals surface area (Å²) in [4.78, 5) is 12.2. The molecule has 0 bridgehead atoms. The second kappa shape index (κ2) is 11.4. The largest absolute Gasteiger partial charge is 0.394 e. The molecule has 2 unspecified atom stereocenters. The van der Waals surface area contributed by atoms with Crippen LogP contribution in [0, 0.1) is 12.8 Å². The van der Waals surface area contributed by atoms with Crippen molar-refractivity contribution in [3.63, 3.8) is 0 Å². The number of terminal acetylenes is 1. The third-order valence-corrected chi connectivity index (χ3v) is 2.99. The van der Waals surface area contributed by atoms with Crippen molar-refractivity contribution in [2.45, 2.75) is 58.7 Å². The Morgan fingerprint density at radius 3 is 2.31 bits per heavy atom. The van der Waals surface area contributed by atoms with Crippen LogP contribution < -0.4 is 5.73 Å². The Balaban J connectivity index is 0.000000596. The third kappa shape index (κ3) is 7.33. The number of imidazole rings is 1. The number of fused-ring (bicyclic) bond motifs is 1. The Hall–Kier alpha value is -2.25. The van der Waals surface area contributed by atoms with Crippen LogP contribution in [0.3, 0.4) is 0 Å². The maximum Gasteiger partial charge on any atom is 0.167 e. The number of aliphatic hydroxyl groups is 3. The minimum atomic E-state index is -1.50. The fourth-order valence-electron chi connectivity index (χ4n) is 2.11. The summed E-state index contributed by atoms with van der Waals surface area (Å²) in [6.07, 6.45) is 12.5. The first-order valence-electron chi connectivity index (χ1n) is 8.27. The Bertz CT molecular complexity index is 660. The van der Waals surface area contributed by atoms with Gasteiger partial charge in [-0.05, 0) is 26.7 Å². The summed E-state index contributed by atoms with van der Waals surface area (Å²) in [5, 5.41) is 25.2.